The molecule has 0 saturated carbocycles. The molecule has 176 valence electrons. The van der Waals surface area contributed by atoms with Gasteiger partial charge in [-0.25, -0.2) is 16.8 Å². The van der Waals surface area contributed by atoms with Gasteiger partial charge in [0.1, 0.15) is 5.75 Å². The molecule has 2 fully saturated rings. The summed E-state index contributed by atoms with van der Waals surface area (Å²) in [6.45, 7) is 11.3. The van der Waals surface area contributed by atoms with Gasteiger partial charge in [-0.3, -0.25) is 4.90 Å². The highest BCUT2D eigenvalue weighted by atomic mass is 32.2. The lowest BCUT2D eigenvalue weighted by Gasteiger charge is -2.41. The monoisotopic (exact) mass is 474 g/mol. The zero-order valence-electron chi connectivity index (χ0n) is 18.7. The van der Waals surface area contributed by atoms with Crippen molar-refractivity contribution in [3.8, 4) is 5.75 Å². The van der Waals surface area contributed by atoms with E-state index in [4.69, 9.17) is 9.47 Å². The molecule has 10 heteroatoms. The summed E-state index contributed by atoms with van der Waals surface area (Å²) in [7, 11) is -7.28. The number of benzene rings is 1. The van der Waals surface area contributed by atoms with Gasteiger partial charge in [0.05, 0.1) is 41.0 Å². The Balaban J connectivity index is 1.76. The molecule has 0 aromatic heterocycles. The van der Waals surface area contributed by atoms with E-state index in [1.54, 1.807) is 12.1 Å². The minimum atomic E-state index is -3.83. The van der Waals surface area contributed by atoms with Gasteiger partial charge in [-0.05, 0) is 52.0 Å². The molecule has 1 aromatic carbocycles. The quantitative estimate of drug-likeness (QED) is 0.598. The fourth-order valence-corrected chi connectivity index (χ4v) is 8.84. The Hall–Kier alpha value is -1.20. The molecular weight excluding hydrogens is 440 g/mol. The van der Waals surface area contributed by atoms with Gasteiger partial charge in [0, 0.05) is 31.2 Å². The van der Waals surface area contributed by atoms with E-state index in [1.807, 2.05) is 13.8 Å². The van der Waals surface area contributed by atoms with E-state index < -0.39 is 31.0 Å². The third kappa shape index (κ3) is 5.98. The standard InChI is InChI=1S/C21H34N2O6S2/c1-16(2)29-17-5-7-18(8-6-17)31(26,27)20-14-30(24,25)13-19(20)22-15-21(3,4)23-9-11-28-12-10-23/h5-8,16,19-20,22H,9-15H2,1-4H3/t19-,20-/m0/s1. The summed E-state index contributed by atoms with van der Waals surface area (Å²) < 4.78 is 62.4. The molecule has 8 nitrogen and oxygen atoms in total. The molecule has 3 rings (SSSR count). The SMILES string of the molecule is CC(C)Oc1ccc(S(=O)(=O)[C@H]2CS(=O)(=O)C[C@@H]2NCC(C)(C)N2CCOCC2)cc1. The maximum Gasteiger partial charge on any atom is 0.183 e. The fraction of sp³-hybridized carbons (Fsp3) is 0.714. The van der Waals surface area contributed by atoms with Crippen LogP contribution in [-0.4, -0.2) is 89.0 Å². The molecule has 0 unspecified atom stereocenters. The lowest BCUT2D eigenvalue weighted by atomic mass is 10.0. The van der Waals surface area contributed by atoms with Gasteiger partial charge in [0.25, 0.3) is 0 Å². The summed E-state index contributed by atoms with van der Waals surface area (Å²) in [5, 5.41) is 2.25. The van der Waals surface area contributed by atoms with E-state index >= 15 is 0 Å². The van der Waals surface area contributed by atoms with Crippen LogP contribution < -0.4 is 10.1 Å². The second-order valence-corrected chi connectivity index (χ2v) is 13.5. The molecule has 0 spiro atoms. The van der Waals surface area contributed by atoms with Gasteiger partial charge in [0.15, 0.2) is 19.7 Å². The molecule has 0 bridgehead atoms. The maximum atomic E-state index is 13.3. The number of rotatable bonds is 8. The average Bonchev–Trinajstić information content (AvgIpc) is 3.03. The first-order valence-electron chi connectivity index (χ1n) is 10.7. The maximum absolute atomic E-state index is 13.3. The zero-order valence-corrected chi connectivity index (χ0v) is 20.3. The Morgan fingerprint density at radius 1 is 1.16 bits per heavy atom. The minimum Gasteiger partial charge on any atom is -0.491 e. The van der Waals surface area contributed by atoms with Gasteiger partial charge in [-0.2, -0.15) is 0 Å². The van der Waals surface area contributed by atoms with Crippen LogP contribution in [0, 0.1) is 0 Å². The summed E-state index contributed by atoms with van der Waals surface area (Å²) >= 11 is 0. The summed E-state index contributed by atoms with van der Waals surface area (Å²) in [5.74, 6) is 0.0368. The zero-order chi connectivity index (χ0) is 22.9. The molecule has 0 amide bonds. The van der Waals surface area contributed by atoms with Crippen LogP contribution in [-0.2, 0) is 24.4 Å². The van der Waals surface area contributed by atoms with E-state index in [2.05, 4.69) is 24.1 Å². The van der Waals surface area contributed by atoms with Crippen LogP contribution in [0.4, 0.5) is 0 Å². The van der Waals surface area contributed by atoms with Crippen LogP contribution in [0.3, 0.4) is 0 Å². The van der Waals surface area contributed by atoms with Gasteiger partial charge >= 0.3 is 0 Å². The van der Waals surface area contributed by atoms with Crippen LogP contribution >= 0.6 is 0 Å². The molecule has 1 N–H and O–H groups in total. The molecule has 1 aromatic rings. The highest BCUT2D eigenvalue weighted by molar-refractivity contribution is 7.96. The van der Waals surface area contributed by atoms with E-state index in [1.165, 1.54) is 12.1 Å². The first kappa shape index (κ1) is 24.4. The molecule has 2 atom stereocenters. The average molecular weight is 475 g/mol. The van der Waals surface area contributed by atoms with Crippen molar-refractivity contribution < 1.29 is 26.3 Å². The van der Waals surface area contributed by atoms with Crippen LogP contribution in [0.25, 0.3) is 0 Å². The molecule has 2 saturated heterocycles. The molecular formula is C21H34N2O6S2. The van der Waals surface area contributed by atoms with E-state index in [0.29, 0.717) is 25.5 Å². The fourth-order valence-electron chi connectivity index (χ4n) is 4.13. The summed E-state index contributed by atoms with van der Waals surface area (Å²) in [4.78, 5) is 2.40. The molecule has 2 heterocycles. The van der Waals surface area contributed by atoms with Crippen molar-refractivity contribution in [2.75, 3.05) is 44.4 Å². The van der Waals surface area contributed by atoms with Crippen molar-refractivity contribution in [2.45, 2.75) is 55.5 Å². The number of hydrogen-bond acceptors (Lipinski definition) is 8. The number of hydrogen-bond donors (Lipinski definition) is 1. The van der Waals surface area contributed by atoms with E-state index in [-0.39, 0.29) is 28.0 Å². The summed E-state index contributed by atoms with van der Waals surface area (Å²) in [6.07, 6.45) is -0.0224. The number of sulfone groups is 2. The number of morpholine rings is 1. The number of ether oxygens (including phenoxy) is 2. The Labute approximate surface area is 186 Å². The molecule has 0 radical (unpaired) electrons. The first-order chi connectivity index (χ1) is 14.4. The number of nitrogens with zero attached hydrogens (tertiary/aromatic N) is 1. The second kappa shape index (κ2) is 9.35. The molecule has 0 aliphatic carbocycles. The van der Waals surface area contributed by atoms with Gasteiger partial charge in [-0.15, -0.1) is 0 Å². The van der Waals surface area contributed by atoms with Gasteiger partial charge in [-0.1, -0.05) is 0 Å². The Kier molecular flexibility index (Phi) is 7.37. The predicted molar refractivity (Wildman–Crippen MR) is 120 cm³/mol. The molecule has 2 aliphatic rings. The third-order valence-corrected chi connectivity index (χ3v) is 10.1. The van der Waals surface area contributed by atoms with Crippen molar-refractivity contribution in [1.29, 1.82) is 0 Å². The van der Waals surface area contributed by atoms with Crippen LogP contribution in [0.15, 0.2) is 29.2 Å². The highest BCUT2D eigenvalue weighted by Gasteiger charge is 2.46. The van der Waals surface area contributed by atoms with Crippen molar-refractivity contribution in [1.82, 2.24) is 10.2 Å². The van der Waals surface area contributed by atoms with Crippen molar-refractivity contribution in [3.05, 3.63) is 24.3 Å². The molecule has 2 aliphatic heterocycles. The van der Waals surface area contributed by atoms with Gasteiger partial charge in [0.2, 0.25) is 0 Å². The Morgan fingerprint density at radius 3 is 2.35 bits per heavy atom. The predicted octanol–water partition coefficient (Wildman–Crippen LogP) is 1.11. The summed E-state index contributed by atoms with van der Waals surface area (Å²) in [5.41, 5.74) is -0.250. The van der Waals surface area contributed by atoms with Crippen molar-refractivity contribution in [3.63, 3.8) is 0 Å². The third-order valence-electron chi connectivity index (χ3n) is 5.89. The van der Waals surface area contributed by atoms with Crippen molar-refractivity contribution >= 4 is 19.7 Å². The largest absolute Gasteiger partial charge is 0.491 e. The second-order valence-electron chi connectivity index (χ2n) is 9.20. The smallest absolute Gasteiger partial charge is 0.183 e. The van der Waals surface area contributed by atoms with E-state index in [0.717, 1.165) is 13.1 Å². The highest BCUT2D eigenvalue weighted by Crippen LogP contribution is 2.28. The minimum absolute atomic E-state index is 0.0224. The Morgan fingerprint density at radius 2 is 1.77 bits per heavy atom. The lowest BCUT2D eigenvalue weighted by molar-refractivity contribution is -0.0101. The van der Waals surface area contributed by atoms with Crippen LogP contribution in [0.2, 0.25) is 0 Å². The van der Waals surface area contributed by atoms with Crippen molar-refractivity contribution in [2.24, 2.45) is 0 Å². The topological polar surface area (TPSA) is 102 Å². The Bertz CT molecular complexity index is 952. The van der Waals surface area contributed by atoms with Crippen LogP contribution in [0.1, 0.15) is 27.7 Å². The van der Waals surface area contributed by atoms with Gasteiger partial charge < -0.3 is 14.8 Å². The van der Waals surface area contributed by atoms with E-state index in [9.17, 15) is 16.8 Å². The van der Waals surface area contributed by atoms with Crippen LogP contribution in [0.5, 0.6) is 5.75 Å². The molecule has 31 heavy (non-hydrogen) atoms. The normalized spacial score (nSPS) is 25.1. The lowest BCUT2D eigenvalue weighted by Crippen LogP contribution is -2.57. The first-order valence-corrected chi connectivity index (χ1v) is 14.0. The number of nitrogens with one attached hydrogen (secondary N) is 1. The summed E-state index contributed by atoms with van der Waals surface area (Å²) in [6, 6.07) is 5.56.